The number of aliphatic hydroxyl groups excluding tert-OH is 4. The molecule has 1 fully saturated rings. The van der Waals surface area contributed by atoms with Gasteiger partial charge in [-0.1, -0.05) is 16.4 Å². The third-order valence-electron chi connectivity index (χ3n) is 13.5. The number of aromatic amines is 1. The minimum atomic E-state index is -5.28. The van der Waals surface area contributed by atoms with Crippen LogP contribution in [0.2, 0.25) is 0 Å². The fraction of sp³-hybridized carbons (Fsp3) is 0.365. The maximum Gasteiger partial charge on any atom is 0.501 e. The standard InChI is InChI=1S/C52H55ClN8O18S/c1-28(56-70)29-4-8-37-31(18-29)19-38(54-37)51(69)61-24-32(23-53)46-36-21-34(73-3)6-7-35(36)41(22-39(46)61)78-80(71,72)79-42-20-30(5-9-40(42)76-52-49(67)48(66)47(65)43(26-62)77-52)50(68)58(2)12-15-74-16-13-59-25-33(55-57-59)27-75-17-14-60-44(63)10-11-45(60)64/h4-11,18-22,25,32,43,47-49,52,54,62,65-67,70H,12-17,23-24,26-27H2,1-3H3/b56-28+/t32-,43-,47+,48+,49-,52-/m1/s1. The zero-order valence-corrected chi connectivity index (χ0v) is 44.7. The number of alkyl halides is 1. The zero-order valence-electron chi connectivity index (χ0n) is 43.1. The molecule has 424 valence electrons. The third kappa shape index (κ3) is 12.2. The van der Waals surface area contributed by atoms with Gasteiger partial charge in [-0.3, -0.25) is 24.1 Å². The number of aliphatic hydroxyl groups is 4. The van der Waals surface area contributed by atoms with Crippen LogP contribution < -0.4 is 22.7 Å². The molecule has 6 aromatic rings. The van der Waals surface area contributed by atoms with Gasteiger partial charge in [0.05, 0.1) is 70.8 Å². The molecule has 5 heterocycles. The van der Waals surface area contributed by atoms with Crippen LogP contribution in [0.5, 0.6) is 23.0 Å². The van der Waals surface area contributed by atoms with E-state index in [2.05, 4.69) is 20.5 Å². The molecule has 4 amide bonds. The Hall–Kier alpha value is -7.73. The second-order valence-electron chi connectivity index (χ2n) is 18.7. The van der Waals surface area contributed by atoms with Crippen LogP contribution in [-0.2, 0) is 47.4 Å². The molecule has 0 bridgehead atoms. The summed E-state index contributed by atoms with van der Waals surface area (Å²) < 4.78 is 69.8. The minimum Gasteiger partial charge on any atom is -0.497 e. The van der Waals surface area contributed by atoms with Gasteiger partial charge in [-0.05, 0) is 78.0 Å². The van der Waals surface area contributed by atoms with Crippen molar-refractivity contribution >= 4 is 78.7 Å². The van der Waals surface area contributed by atoms with E-state index >= 15 is 0 Å². The molecule has 6 atom stereocenters. The minimum absolute atomic E-state index is 0.0503. The van der Waals surface area contributed by atoms with Crippen molar-refractivity contribution in [3.63, 3.8) is 0 Å². The van der Waals surface area contributed by atoms with Crippen LogP contribution in [0, 0.1) is 0 Å². The Bertz CT molecular complexity index is 3480. The molecule has 3 aliphatic rings. The lowest BCUT2D eigenvalue weighted by molar-refractivity contribution is -0.277. The van der Waals surface area contributed by atoms with E-state index in [-0.39, 0.29) is 86.6 Å². The number of carbonyl (C=O) groups excluding carboxylic acids is 4. The fourth-order valence-corrected chi connectivity index (χ4v) is 10.2. The van der Waals surface area contributed by atoms with E-state index in [9.17, 15) is 53.2 Å². The number of oxime groups is 1. The molecule has 1 saturated heterocycles. The highest BCUT2D eigenvalue weighted by Gasteiger charge is 2.45. The Morgan fingerprint density at radius 1 is 0.887 bits per heavy atom. The second-order valence-corrected chi connectivity index (χ2v) is 20.2. The molecular formula is C52H55ClN8O18S. The van der Waals surface area contributed by atoms with Gasteiger partial charge in [-0.15, -0.1) is 25.1 Å². The zero-order chi connectivity index (χ0) is 57.0. The van der Waals surface area contributed by atoms with Crippen molar-refractivity contribution in [1.29, 1.82) is 0 Å². The average molecular weight is 1150 g/mol. The van der Waals surface area contributed by atoms with Crippen LogP contribution >= 0.6 is 11.6 Å². The lowest BCUT2D eigenvalue weighted by atomic mass is 9.95. The van der Waals surface area contributed by atoms with E-state index in [0.717, 1.165) is 17.0 Å². The number of fused-ring (bicyclic) bond motifs is 4. The number of ether oxygens (including phenoxy) is 5. The molecule has 0 spiro atoms. The quantitative estimate of drug-likeness (QED) is 0.0134. The Balaban J connectivity index is 0.929. The molecule has 3 aliphatic heterocycles. The molecule has 28 heteroatoms. The number of aromatic nitrogens is 4. The lowest BCUT2D eigenvalue weighted by Crippen LogP contribution is -2.60. The van der Waals surface area contributed by atoms with Gasteiger partial charge in [0, 0.05) is 72.0 Å². The SMILES string of the molecule is COc1ccc2c(OS(=O)(=O)Oc3cc(C(=O)N(C)CCOCCn4cc(COCCN5C(=O)C=CC5=O)nn4)ccc3O[C@@H]3O[C@H](CO)[C@H](O)[C@H](O)[C@H]3O)cc3c(c2c1)[C@H](CCl)CN3C(=O)c1cc2cc(/C(C)=N/O)ccc2[nH]1. The number of hydrogen-bond donors (Lipinski definition) is 6. The predicted octanol–water partition coefficient (Wildman–Crippen LogP) is 2.21. The number of nitrogens with zero attached hydrogens (tertiary/aromatic N) is 7. The molecule has 9 rings (SSSR count). The van der Waals surface area contributed by atoms with Crippen molar-refractivity contribution in [2.75, 3.05) is 71.0 Å². The number of nitrogens with one attached hydrogen (secondary N) is 1. The number of likely N-dealkylation sites (N-methyl/N-ethyl adjacent to an activating group) is 1. The first kappa shape index (κ1) is 57.0. The third-order valence-corrected chi connectivity index (χ3v) is 14.7. The molecule has 0 aliphatic carbocycles. The number of amides is 4. The van der Waals surface area contributed by atoms with Crippen molar-refractivity contribution < 1.29 is 85.3 Å². The summed E-state index contributed by atoms with van der Waals surface area (Å²) in [5.41, 5.74) is 3.04. The van der Waals surface area contributed by atoms with Crippen LogP contribution in [0.3, 0.4) is 0 Å². The number of methoxy groups -OCH3 is 1. The molecule has 80 heavy (non-hydrogen) atoms. The highest BCUT2D eigenvalue weighted by atomic mass is 35.5. The smallest absolute Gasteiger partial charge is 0.497 e. The molecule has 2 aromatic heterocycles. The Kier molecular flexibility index (Phi) is 17.3. The number of carbonyl (C=O) groups is 4. The summed E-state index contributed by atoms with van der Waals surface area (Å²) in [7, 11) is -2.36. The van der Waals surface area contributed by atoms with Gasteiger partial charge in [0.15, 0.2) is 17.2 Å². The molecule has 6 N–H and O–H groups in total. The van der Waals surface area contributed by atoms with E-state index in [4.69, 9.17) is 43.7 Å². The molecule has 4 aromatic carbocycles. The maximum atomic E-state index is 14.5. The number of benzene rings is 4. The van der Waals surface area contributed by atoms with Gasteiger partial charge in [0.1, 0.15) is 41.6 Å². The highest BCUT2D eigenvalue weighted by molar-refractivity contribution is 7.82. The first-order chi connectivity index (χ1) is 38.4. The van der Waals surface area contributed by atoms with Gasteiger partial charge < -0.3 is 72.5 Å². The van der Waals surface area contributed by atoms with E-state index in [1.165, 1.54) is 52.9 Å². The Labute approximate surface area is 461 Å². The van der Waals surface area contributed by atoms with Crippen LogP contribution in [0.25, 0.3) is 21.7 Å². The first-order valence-electron chi connectivity index (χ1n) is 24.8. The van der Waals surface area contributed by atoms with Crippen LogP contribution in [-0.4, -0.2) is 190 Å². The summed E-state index contributed by atoms with van der Waals surface area (Å²) in [6, 6.07) is 16.5. The molecular weight excluding hydrogens is 1090 g/mol. The van der Waals surface area contributed by atoms with E-state index in [0.29, 0.717) is 44.6 Å². The molecule has 0 radical (unpaired) electrons. The molecule has 26 nitrogen and oxygen atoms in total. The van der Waals surface area contributed by atoms with Gasteiger partial charge in [-0.25, -0.2) is 4.68 Å². The van der Waals surface area contributed by atoms with Crippen molar-refractivity contribution in [2.24, 2.45) is 5.16 Å². The average Bonchev–Trinajstić information content (AvgIpc) is 4.35. The van der Waals surface area contributed by atoms with Crippen molar-refractivity contribution in [3.05, 3.63) is 113 Å². The van der Waals surface area contributed by atoms with Gasteiger partial charge >= 0.3 is 10.4 Å². The largest absolute Gasteiger partial charge is 0.501 e. The number of halogens is 1. The van der Waals surface area contributed by atoms with Crippen LogP contribution in [0.15, 0.2) is 90.2 Å². The van der Waals surface area contributed by atoms with Crippen molar-refractivity contribution in [3.8, 4) is 23.0 Å². The van der Waals surface area contributed by atoms with Crippen LogP contribution in [0.4, 0.5) is 5.69 Å². The van der Waals surface area contributed by atoms with Gasteiger partial charge in [-0.2, -0.15) is 0 Å². The fourth-order valence-electron chi connectivity index (χ4n) is 9.24. The van der Waals surface area contributed by atoms with Gasteiger partial charge in [0.2, 0.25) is 6.29 Å². The number of hydrogen-bond acceptors (Lipinski definition) is 21. The second kappa shape index (κ2) is 24.3. The highest BCUT2D eigenvalue weighted by Crippen LogP contribution is 2.47. The topological polar surface area (TPSA) is 337 Å². The van der Waals surface area contributed by atoms with Crippen molar-refractivity contribution in [2.45, 2.75) is 56.7 Å². The number of anilines is 1. The number of rotatable bonds is 23. The summed E-state index contributed by atoms with van der Waals surface area (Å²) in [6.07, 6.45) is -4.75. The summed E-state index contributed by atoms with van der Waals surface area (Å²) in [5.74, 6) is -3.31. The lowest BCUT2D eigenvalue weighted by Gasteiger charge is -2.39. The monoisotopic (exact) mass is 1150 g/mol. The van der Waals surface area contributed by atoms with Crippen molar-refractivity contribution in [1.82, 2.24) is 29.8 Å². The summed E-state index contributed by atoms with van der Waals surface area (Å²) in [5, 5.41) is 63.7. The number of imide groups is 1. The van der Waals surface area contributed by atoms with E-state index in [1.807, 2.05) is 0 Å². The van der Waals surface area contributed by atoms with Gasteiger partial charge in [0.25, 0.3) is 23.6 Å². The normalized spacial score (nSPS) is 20.2. The van der Waals surface area contributed by atoms with E-state index in [1.54, 1.807) is 55.6 Å². The van der Waals surface area contributed by atoms with Crippen LogP contribution in [0.1, 0.15) is 50.5 Å². The Morgan fingerprint density at radius 3 is 2.38 bits per heavy atom. The molecule has 0 unspecified atom stereocenters. The molecule has 0 saturated carbocycles. The summed E-state index contributed by atoms with van der Waals surface area (Å²) >= 11 is 6.57. The Morgan fingerprint density at radius 2 is 1.64 bits per heavy atom. The summed E-state index contributed by atoms with van der Waals surface area (Å²) in [4.78, 5) is 58.8. The summed E-state index contributed by atoms with van der Waals surface area (Å²) in [6.45, 7) is 1.76. The first-order valence-corrected chi connectivity index (χ1v) is 26.7. The predicted molar refractivity (Wildman–Crippen MR) is 282 cm³/mol. The maximum absolute atomic E-state index is 14.5. The number of H-pyrrole nitrogens is 1. The van der Waals surface area contributed by atoms with E-state index < -0.39 is 88.8 Å².